The Labute approximate surface area is 100.0 Å². The van der Waals surface area contributed by atoms with Gasteiger partial charge in [-0.3, -0.25) is 4.79 Å². The summed E-state index contributed by atoms with van der Waals surface area (Å²) in [6.45, 7) is 1.63. The van der Waals surface area contributed by atoms with E-state index in [0.29, 0.717) is 12.1 Å². The normalized spacial score (nSPS) is 19.9. The van der Waals surface area contributed by atoms with Crippen molar-refractivity contribution in [2.24, 2.45) is 5.92 Å². The number of hydrogen-bond acceptors (Lipinski definition) is 3. The molecule has 1 aromatic rings. The maximum atomic E-state index is 13.3. The fourth-order valence-corrected chi connectivity index (χ4v) is 1.94. The van der Waals surface area contributed by atoms with Crippen LogP contribution in [0.15, 0.2) is 24.3 Å². The molecule has 1 fully saturated rings. The van der Waals surface area contributed by atoms with Gasteiger partial charge in [-0.2, -0.15) is 0 Å². The molecular weight excluding hydrogens is 221 g/mol. The number of nitrogens with one attached hydrogen (secondary N) is 1. The van der Waals surface area contributed by atoms with Crippen LogP contribution in [-0.2, 0) is 16.1 Å². The number of halogens is 1. The first-order chi connectivity index (χ1) is 8.27. The first-order valence-electron chi connectivity index (χ1n) is 5.88. The molecule has 1 aliphatic heterocycles. The van der Waals surface area contributed by atoms with Crippen LogP contribution < -0.4 is 5.32 Å². The second-order valence-corrected chi connectivity index (χ2v) is 4.24. The first-order valence-corrected chi connectivity index (χ1v) is 5.88. The lowest BCUT2D eigenvalue weighted by Gasteiger charge is -2.21. The molecule has 4 heteroatoms. The highest BCUT2D eigenvalue weighted by Gasteiger charge is 2.22. The Bertz CT molecular complexity index is 389. The van der Waals surface area contributed by atoms with Crippen molar-refractivity contribution in [2.75, 3.05) is 13.1 Å². The molecule has 3 nitrogen and oxygen atoms in total. The van der Waals surface area contributed by atoms with Crippen molar-refractivity contribution in [1.82, 2.24) is 5.32 Å². The standard InChI is InChI=1S/C13H16FNO2/c14-12-6-2-1-4-11(12)9-17-13(16)10-5-3-7-15-8-10/h1-2,4,6,10,15H,3,5,7-9H2/t10-/m1/s1. The van der Waals surface area contributed by atoms with Crippen LogP contribution in [0, 0.1) is 11.7 Å². The predicted octanol–water partition coefficient (Wildman–Crippen LogP) is 1.87. The SMILES string of the molecule is O=C(OCc1ccccc1F)[C@@H]1CCCNC1. The van der Waals surface area contributed by atoms with Gasteiger partial charge in [-0.15, -0.1) is 0 Å². The van der Waals surface area contributed by atoms with Crippen molar-refractivity contribution < 1.29 is 13.9 Å². The van der Waals surface area contributed by atoms with E-state index in [9.17, 15) is 9.18 Å². The number of carbonyl (C=O) groups is 1. The van der Waals surface area contributed by atoms with Crippen molar-refractivity contribution in [2.45, 2.75) is 19.4 Å². The molecule has 1 atom stereocenters. The summed E-state index contributed by atoms with van der Waals surface area (Å²) in [4.78, 5) is 11.7. The highest BCUT2D eigenvalue weighted by Crippen LogP contribution is 2.14. The summed E-state index contributed by atoms with van der Waals surface area (Å²) in [5, 5.41) is 3.15. The predicted molar refractivity (Wildman–Crippen MR) is 61.8 cm³/mol. The molecule has 1 N–H and O–H groups in total. The Morgan fingerprint density at radius 1 is 1.47 bits per heavy atom. The van der Waals surface area contributed by atoms with Gasteiger partial charge < -0.3 is 10.1 Å². The lowest BCUT2D eigenvalue weighted by atomic mass is 10.0. The Hall–Kier alpha value is -1.42. The number of rotatable bonds is 3. The van der Waals surface area contributed by atoms with Gasteiger partial charge >= 0.3 is 5.97 Å². The van der Waals surface area contributed by atoms with Gasteiger partial charge in [0.2, 0.25) is 0 Å². The Balaban J connectivity index is 1.85. The molecule has 0 amide bonds. The van der Waals surface area contributed by atoms with Gasteiger partial charge in [0, 0.05) is 12.1 Å². The zero-order chi connectivity index (χ0) is 12.1. The summed E-state index contributed by atoms with van der Waals surface area (Å²) in [6, 6.07) is 6.34. The van der Waals surface area contributed by atoms with Gasteiger partial charge in [0.15, 0.2) is 0 Å². The highest BCUT2D eigenvalue weighted by atomic mass is 19.1. The van der Waals surface area contributed by atoms with E-state index in [1.165, 1.54) is 6.07 Å². The third kappa shape index (κ3) is 3.27. The van der Waals surface area contributed by atoms with Crippen molar-refractivity contribution in [3.8, 4) is 0 Å². The molecule has 2 rings (SSSR count). The molecule has 1 saturated heterocycles. The smallest absolute Gasteiger partial charge is 0.310 e. The highest BCUT2D eigenvalue weighted by molar-refractivity contribution is 5.72. The van der Waals surface area contributed by atoms with Gasteiger partial charge in [-0.1, -0.05) is 18.2 Å². The fourth-order valence-electron chi connectivity index (χ4n) is 1.94. The third-order valence-electron chi connectivity index (χ3n) is 2.96. The second kappa shape index (κ2) is 5.77. The van der Waals surface area contributed by atoms with Gasteiger partial charge in [-0.25, -0.2) is 4.39 Å². The maximum absolute atomic E-state index is 13.3. The summed E-state index contributed by atoms with van der Waals surface area (Å²) in [7, 11) is 0. The number of ether oxygens (including phenoxy) is 1. The monoisotopic (exact) mass is 237 g/mol. The first kappa shape index (κ1) is 12.0. The lowest BCUT2D eigenvalue weighted by molar-refractivity contribution is -0.150. The molecule has 0 radical (unpaired) electrons. The minimum atomic E-state index is -0.331. The van der Waals surface area contributed by atoms with Gasteiger partial charge in [0.05, 0.1) is 5.92 Å². The van der Waals surface area contributed by atoms with Gasteiger partial charge in [0.25, 0.3) is 0 Å². The minimum Gasteiger partial charge on any atom is -0.460 e. The molecule has 0 saturated carbocycles. The van der Waals surface area contributed by atoms with Crippen LogP contribution in [0.4, 0.5) is 4.39 Å². The van der Waals surface area contributed by atoms with E-state index in [1.807, 2.05) is 0 Å². The van der Waals surface area contributed by atoms with Crippen LogP contribution in [-0.4, -0.2) is 19.1 Å². The molecule has 1 heterocycles. The molecule has 0 aliphatic carbocycles. The molecule has 1 aliphatic rings. The van der Waals surface area contributed by atoms with Gasteiger partial charge in [-0.05, 0) is 25.5 Å². The summed E-state index contributed by atoms with van der Waals surface area (Å²) < 4.78 is 18.4. The van der Waals surface area contributed by atoms with E-state index < -0.39 is 0 Å². The van der Waals surface area contributed by atoms with Crippen molar-refractivity contribution in [1.29, 1.82) is 0 Å². The molecule has 0 aromatic heterocycles. The average molecular weight is 237 g/mol. The Morgan fingerprint density at radius 2 is 2.29 bits per heavy atom. The number of benzene rings is 1. The van der Waals surface area contributed by atoms with Crippen LogP contribution in [0.1, 0.15) is 18.4 Å². The second-order valence-electron chi connectivity index (χ2n) is 4.24. The van der Waals surface area contributed by atoms with Crippen LogP contribution in [0.2, 0.25) is 0 Å². The molecular formula is C13H16FNO2. The Kier molecular flexibility index (Phi) is 4.09. The summed E-state index contributed by atoms with van der Waals surface area (Å²) >= 11 is 0. The van der Waals surface area contributed by atoms with Crippen LogP contribution in [0.25, 0.3) is 0 Å². The average Bonchev–Trinajstić information content (AvgIpc) is 2.38. The van der Waals surface area contributed by atoms with E-state index in [1.54, 1.807) is 18.2 Å². The van der Waals surface area contributed by atoms with E-state index in [-0.39, 0.29) is 24.3 Å². The fraction of sp³-hybridized carbons (Fsp3) is 0.462. The quantitative estimate of drug-likeness (QED) is 0.816. The van der Waals surface area contributed by atoms with Crippen LogP contribution >= 0.6 is 0 Å². The minimum absolute atomic E-state index is 0.0159. The molecule has 0 unspecified atom stereocenters. The molecule has 1 aromatic carbocycles. The number of carbonyl (C=O) groups excluding carboxylic acids is 1. The topological polar surface area (TPSA) is 38.3 Å². The molecule has 92 valence electrons. The Morgan fingerprint density at radius 3 is 3.00 bits per heavy atom. The largest absolute Gasteiger partial charge is 0.460 e. The molecule has 0 bridgehead atoms. The van der Waals surface area contributed by atoms with E-state index in [4.69, 9.17) is 4.74 Å². The van der Waals surface area contributed by atoms with Crippen LogP contribution in [0.3, 0.4) is 0 Å². The number of hydrogen-bond donors (Lipinski definition) is 1. The maximum Gasteiger partial charge on any atom is 0.310 e. The number of esters is 1. The van der Waals surface area contributed by atoms with E-state index in [0.717, 1.165) is 19.4 Å². The van der Waals surface area contributed by atoms with E-state index in [2.05, 4.69) is 5.32 Å². The molecule has 0 spiro atoms. The summed E-state index contributed by atoms with van der Waals surface area (Å²) in [5.41, 5.74) is 0.421. The zero-order valence-corrected chi connectivity index (χ0v) is 9.62. The van der Waals surface area contributed by atoms with E-state index >= 15 is 0 Å². The van der Waals surface area contributed by atoms with Crippen molar-refractivity contribution >= 4 is 5.97 Å². The van der Waals surface area contributed by atoms with Crippen LogP contribution in [0.5, 0.6) is 0 Å². The third-order valence-corrected chi connectivity index (χ3v) is 2.96. The van der Waals surface area contributed by atoms with Crippen molar-refractivity contribution in [3.63, 3.8) is 0 Å². The lowest BCUT2D eigenvalue weighted by Crippen LogP contribution is -2.35. The van der Waals surface area contributed by atoms with Gasteiger partial charge in [0.1, 0.15) is 12.4 Å². The molecule has 17 heavy (non-hydrogen) atoms. The summed E-state index contributed by atoms with van der Waals surface area (Å²) in [6.07, 6.45) is 1.84. The number of piperidine rings is 1. The summed E-state index contributed by atoms with van der Waals surface area (Å²) in [5.74, 6) is -0.655. The van der Waals surface area contributed by atoms with Crippen molar-refractivity contribution in [3.05, 3.63) is 35.6 Å². The zero-order valence-electron chi connectivity index (χ0n) is 9.62.